The van der Waals surface area contributed by atoms with Crippen molar-refractivity contribution >= 4 is 11.0 Å². The van der Waals surface area contributed by atoms with Crippen molar-refractivity contribution in [3.63, 3.8) is 0 Å². The first-order valence-corrected chi connectivity index (χ1v) is 7.78. The summed E-state index contributed by atoms with van der Waals surface area (Å²) >= 11 is 0. The lowest BCUT2D eigenvalue weighted by atomic mass is 9.94. The number of rotatable bonds is 4. The van der Waals surface area contributed by atoms with E-state index < -0.39 is 19.1 Å². The lowest BCUT2D eigenvalue weighted by molar-refractivity contribution is -0.274. The van der Waals surface area contributed by atoms with Crippen LogP contribution in [-0.2, 0) is 7.05 Å². The summed E-state index contributed by atoms with van der Waals surface area (Å²) in [5.74, 6) is -0.364. The second-order valence-corrected chi connectivity index (χ2v) is 5.82. The van der Waals surface area contributed by atoms with Gasteiger partial charge in [-0.25, -0.2) is 4.98 Å². The summed E-state index contributed by atoms with van der Waals surface area (Å²) in [6.45, 7) is -0.572. The first kappa shape index (κ1) is 18.7. The number of hydrogen-bond donors (Lipinski definition) is 2. The molecular formula is C18H14F3N3O3. The summed E-state index contributed by atoms with van der Waals surface area (Å²) in [7, 11) is 1.67. The van der Waals surface area contributed by atoms with Crippen LogP contribution in [0.3, 0.4) is 0 Å². The van der Waals surface area contributed by atoms with Gasteiger partial charge in [-0.2, -0.15) is 5.26 Å². The summed E-state index contributed by atoms with van der Waals surface area (Å²) in [6.07, 6.45) is -4.57. The van der Waals surface area contributed by atoms with Crippen LogP contribution in [0.2, 0.25) is 0 Å². The van der Waals surface area contributed by atoms with Gasteiger partial charge < -0.3 is 19.5 Å². The second kappa shape index (κ2) is 6.90. The van der Waals surface area contributed by atoms with Crippen molar-refractivity contribution in [1.82, 2.24) is 9.55 Å². The van der Waals surface area contributed by atoms with Crippen molar-refractivity contribution in [1.29, 1.82) is 5.26 Å². The number of benzene rings is 2. The van der Waals surface area contributed by atoms with Crippen LogP contribution in [0.4, 0.5) is 13.2 Å². The predicted molar refractivity (Wildman–Crippen MR) is 89.6 cm³/mol. The van der Waals surface area contributed by atoms with Crippen LogP contribution in [0.5, 0.6) is 5.75 Å². The number of nitrogens with zero attached hydrogens (tertiary/aromatic N) is 3. The number of fused-ring (bicyclic) bond motifs is 1. The molecule has 0 amide bonds. The van der Waals surface area contributed by atoms with Gasteiger partial charge in [-0.1, -0.05) is 12.1 Å². The van der Waals surface area contributed by atoms with E-state index >= 15 is 0 Å². The van der Waals surface area contributed by atoms with Gasteiger partial charge in [0.2, 0.25) is 0 Å². The number of alkyl halides is 3. The molecule has 0 aliphatic rings. The first-order valence-electron chi connectivity index (χ1n) is 7.78. The average Bonchev–Trinajstić information content (AvgIpc) is 3.01. The molecule has 27 heavy (non-hydrogen) atoms. The molecule has 1 heterocycles. The Morgan fingerprint density at radius 2 is 1.96 bits per heavy atom. The van der Waals surface area contributed by atoms with Crippen LogP contribution in [0, 0.1) is 11.3 Å². The van der Waals surface area contributed by atoms with E-state index in [4.69, 9.17) is 0 Å². The molecule has 1 unspecified atom stereocenters. The van der Waals surface area contributed by atoms with Crippen molar-refractivity contribution in [2.45, 2.75) is 12.5 Å². The monoisotopic (exact) mass is 377 g/mol. The van der Waals surface area contributed by atoms with Gasteiger partial charge in [-0.05, 0) is 23.8 Å². The van der Waals surface area contributed by atoms with Crippen molar-refractivity contribution in [2.75, 3.05) is 6.61 Å². The molecule has 3 aromatic rings. The fraction of sp³-hybridized carbons (Fsp3) is 0.222. The molecule has 0 aliphatic carbocycles. The molecule has 9 heteroatoms. The molecule has 1 atom stereocenters. The van der Waals surface area contributed by atoms with E-state index in [0.29, 0.717) is 22.2 Å². The zero-order valence-corrected chi connectivity index (χ0v) is 14.0. The Bertz CT molecular complexity index is 1020. The molecule has 6 nitrogen and oxygen atoms in total. The Labute approximate surface area is 151 Å². The molecular weight excluding hydrogens is 363 g/mol. The van der Waals surface area contributed by atoms with E-state index in [9.17, 15) is 28.6 Å². The molecule has 0 saturated carbocycles. The molecule has 3 rings (SSSR count). The highest BCUT2D eigenvalue weighted by Gasteiger charge is 2.31. The van der Waals surface area contributed by atoms with E-state index in [1.54, 1.807) is 11.6 Å². The number of aliphatic hydroxyl groups is 2. The quantitative estimate of drug-likeness (QED) is 0.729. The van der Waals surface area contributed by atoms with E-state index in [2.05, 4.69) is 9.72 Å². The van der Waals surface area contributed by atoms with Crippen LogP contribution in [0.15, 0.2) is 36.7 Å². The standard InChI is InChI=1S/C18H14F3N3O3/c1-24-9-23-16-13(6-11(7-22)15(17(16)24)14(26)8-25)10-2-4-12(5-3-10)27-18(19,20)21/h2-6,9,14,25-26H,8H2,1H3. The Morgan fingerprint density at radius 3 is 2.52 bits per heavy atom. The Morgan fingerprint density at radius 1 is 1.30 bits per heavy atom. The van der Waals surface area contributed by atoms with Crippen molar-refractivity contribution in [2.24, 2.45) is 7.05 Å². The van der Waals surface area contributed by atoms with Gasteiger partial charge in [0.05, 0.1) is 35.6 Å². The molecule has 140 valence electrons. The van der Waals surface area contributed by atoms with E-state index in [1.807, 2.05) is 6.07 Å². The molecule has 2 aromatic carbocycles. The van der Waals surface area contributed by atoms with Gasteiger partial charge in [0.1, 0.15) is 11.9 Å². The van der Waals surface area contributed by atoms with E-state index in [-0.39, 0.29) is 16.9 Å². The third kappa shape index (κ3) is 3.58. The zero-order chi connectivity index (χ0) is 19.8. The number of ether oxygens (including phenoxy) is 1. The van der Waals surface area contributed by atoms with E-state index in [1.165, 1.54) is 36.7 Å². The van der Waals surface area contributed by atoms with Gasteiger partial charge in [0.15, 0.2) is 0 Å². The lowest BCUT2D eigenvalue weighted by Gasteiger charge is -2.15. The number of hydrogen-bond acceptors (Lipinski definition) is 5. The molecule has 0 bridgehead atoms. The molecule has 0 aliphatic heterocycles. The fourth-order valence-corrected chi connectivity index (χ4v) is 2.94. The largest absolute Gasteiger partial charge is 0.573 e. The number of aryl methyl sites for hydroxylation is 1. The first-order chi connectivity index (χ1) is 12.7. The topological polar surface area (TPSA) is 91.3 Å². The molecule has 0 spiro atoms. The van der Waals surface area contributed by atoms with Crippen LogP contribution >= 0.6 is 0 Å². The van der Waals surface area contributed by atoms with Crippen molar-refractivity contribution in [3.05, 3.63) is 47.8 Å². The zero-order valence-electron chi connectivity index (χ0n) is 14.0. The summed E-state index contributed by atoms with van der Waals surface area (Å²) in [4.78, 5) is 4.28. The van der Waals surface area contributed by atoms with Gasteiger partial charge >= 0.3 is 6.36 Å². The number of aromatic nitrogens is 2. The highest BCUT2D eigenvalue weighted by molar-refractivity contribution is 5.96. The van der Waals surface area contributed by atoms with Gasteiger partial charge in [0.25, 0.3) is 0 Å². The maximum atomic E-state index is 12.3. The number of halogens is 3. The Balaban J connectivity index is 2.17. The second-order valence-electron chi connectivity index (χ2n) is 5.82. The maximum absolute atomic E-state index is 12.3. The summed E-state index contributed by atoms with van der Waals surface area (Å²) < 4.78 is 42.4. The van der Waals surface area contributed by atoms with Crippen molar-refractivity contribution in [3.8, 4) is 22.9 Å². The number of nitriles is 1. The molecule has 2 N–H and O–H groups in total. The van der Waals surface area contributed by atoms with Gasteiger partial charge in [0, 0.05) is 18.2 Å². The molecule has 0 radical (unpaired) electrons. The smallest absolute Gasteiger partial charge is 0.406 e. The number of imidazole rings is 1. The summed E-state index contributed by atoms with van der Waals surface area (Å²) in [5, 5.41) is 28.9. The van der Waals surface area contributed by atoms with E-state index in [0.717, 1.165) is 0 Å². The summed E-state index contributed by atoms with van der Waals surface area (Å²) in [5.41, 5.74) is 2.32. The maximum Gasteiger partial charge on any atom is 0.573 e. The van der Waals surface area contributed by atoms with Crippen LogP contribution in [0.25, 0.3) is 22.2 Å². The average molecular weight is 377 g/mol. The normalized spacial score (nSPS) is 12.8. The molecule has 1 aromatic heterocycles. The summed E-state index contributed by atoms with van der Waals surface area (Å²) in [6, 6.07) is 8.66. The molecule has 0 fully saturated rings. The minimum absolute atomic E-state index is 0.137. The third-order valence-corrected chi connectivity index (χ3v) is 4.05. The highest BCUT2D eigenvalue weighted by Crippen LogP contribution is 2.36. The van der Waals surface area contributed by atoms with Crippen molar-refractivity contribution < 1.29 is 28.1 Å². The van der Waals surface area contributed by atoms with Gasteiger partial charge in [-0.15, -0.1) is 13.2 Å². The minimum Gasteiger partial charge on any atom is -0.406 e. The highest BCUT2D eigenvalue weighted by atomic mass is 19.4. The lowest BCUT2D eigenvalue weighted by Crippen LogP contribution is -2.16. The Hall–Kier alpha value is -3.09. The molecule has 0 saturated heterocycles. The van der Waals surface area contributed by atoms with Crippen LogP contribution in [-0.4, -0.2) is 32.7 Å². The fourth-order valence-electron chi connectivity index (χ4n) is 2.94. The SMILES string of the molecule is Cn1cnc2c(-c3ccc(OC(F)(F)F)cc3)cc(C#N)c(C(O)CO)c21. The van der Waals surface area contributed by atoms with Crippen LogP contribution in [0.1, 0.15) is 17.2 Å². The number of aliphatic hydroxyl groups excluding tert-OH is 2. The minimum atomic E-state index is -4.79. The third-order valence-electron chi connectivity index (χ3n) is 4.05. The predicted octanol–water partition coefficient (Wildman–Crippen LogP) is 3.04. The van der Waals surface area contributed by atoms with Gasteiger partial charge in [-0.3, -0.25) is 0 Å². The Kier molecular flexibility index (Phi) is 4.78. The van der Waals surface area contributed by atoms with Crippen LogP contribution < -0.4 is 4.74 Å².